The van der Waals surface area contributed by atoms with E-state index in [1.165, 1.54) is 10.7 Å². The fraction of sp³-hybridized carbons (Fsp3) is 0.300. The zero-order valence-corrected chi connectivity index (χ0v) is 10.9. The molecule has 0 aliphatic rings. The molecule has 2 heterocycles. The fourth-order valence-electron chi connectivity index (χ4n) is 1.50. The van der Waals surface area contributed by atoms with Gasteiger partial charge in [0.2, 0.25) is 0 Å². The average Bonchev–Trinajstić information content (AvgIpc) is 2.82. The molecule has 0 radical (unpaired) electrons. The summed E-state index contributed by atoms with van der Waals surface area (Å²) in [5.41, 5.74) is 1.77. The Bertz CT molecular complexity index is 573. The van der Waals surface area contributed by atoms with Crippen LogP contribution in [0.1, 0.15) is 21.9 Å². The Morgan fingerprint density at radius 3 is 2.65 bits per heavy atom. The molecule has 0 fully saturated rings. The van der Waals surface area contributed by atoms with Crippen LogP contribution in [-0.4, -0.2) is 25.5 Å². The lowest BCUT2D eigenvalue weighted by Gasteiger charge is -2.04. The third-order valence-corrected chi connectivity index (χ3v) is 3.57. The number of aryl methyl sites for hydroxylation is 1. The summed E-state index contributed by atoms with van der Waals surface area (Å²) in [6.45, 7) is 4.18. The third-order valence-electron chi connectivity index (χ3n) is 2.42. The smallest absolute Gasteiger partial charge is 0.133 e. The molecule has 7 heteroatoms. The van der Waals surface area contributed by atoms with Crippen LogP contribution in [0.4, 0.5) is 0 Å². The molecule has 0 spiro atoms. The lowest BCUT2D eigenvalue weighted by Crippen LogP contribution is -2.23. The van der Waals surface area contributed by atoms with Gasteiger partial charge in [0, 0.05) is 6.20 Å². The molecule has 0 saturated heterocycles. The van der Waals surface area contributed by atoms with Crippen LogP contribution < -0.4 is 5.11 Å². The molecule has 17 heavy (non-hydrogen) atoms. The van der Waals surface area contributed by atoms with Crippen LogP contribution in [0.25, 0.3) is 0 Å². The van der Waals surface area contributed by atoms with Gasteiger partial charge in [-0.3, -0.25) is 4.68 Å². The van der Waals surface area contributed by atoms with Crippen molar-refractivity contribution in [2.75, 3.05) is 0 Å². The Kier molecular flexibility index (Phi) is 3.01. The second-order valence-electron chi connectivity index (χ2n) is 3.65. The predicted molar refractivity (Wildman–Crippen MR) is 61.4 cm³/mol. The van der Waals surface area contributed by atoms with Gasteiger partial charge in [0.25, 0.3) is 0 Å². The fourth-order valence-corrected chi connectivity index (χ4v) is 1.78. The Morgan fingerprint density at radius 2 is 2.18 bits per heavy atom. The highest BCUT2D eigenvalue weighted by molar-refractivity contribution is 9.10. The predicted octanol–water partition coefficient (Wildman–Crippen LogP) is 0.328. The topological polar surface area (TPSA) is 75.8 Å². The van der Waals surface area contributed by atoms with Gasteiger partial charge in [-0.15, -0.1) is 0 Å². The number of aromatic nitrogens is 4. The van der Waals surface area contributed by atoms with Gasteiger partial charge < -0.3 is 9.90 Å². The van der Waals surface area contributed by atoms with Gasteiger partial charge in [-0.25, -0.2) is 4.68 Å². The molecule has 0 aliphatic heterocycles. The number of carbonyl (C=O) groups excluding carboxylic acids is 1. The van der Waals surface area contributed by atoms with Gasteiger partial charge in [-0.05, 0) is 35.8 Å². The average molecular weight is 298 g/mol. The molecule has 6 nitrogen and oxygen atoms in total. The van der Waals surface area contributed by atoms with E-state index in [-0.39, 0.29) is 5.69 Å². The van der Waals surface area contributed by atoms with Crippen molar-refractivity contribution in [3.05, 3.63) is 33.8 Å². The minimum absolute atomic E-state index is 0.0782. The number of carboxylic acid groups (broad SMARTS) is 1. The minimum Gasteiger partial charge on any atom is -0.543 e. The Labute approximate surface area is 106 Å². The number of hydrogen-bond donors (Lipinski definition) is 0. The molecule has 0 aliphatic carbocycles. The number of nitrogens with zero attached hydrogens (tertiary/aromatic N) is 4. The monoisotopic (exact) mass is 297 g/mol. The molecule has 0 N–H and O–H groups in total. The van der Waals surface area contributed by atoms with E-state index in [1.807, 2.05) is 13.8 Å². The molecule has 0 saturated carbocycles. The number of carbonyl (C=O) groups is 1. The Morgan fingerprint density at radius 1 is 1.47 bits per heavy atom. The number of halogens is 1. The van der Waals surface area contributed by atoms with Crippen molar-refractivity contribution in [2.24, 2.45) is 0 Å². The van der Waals surface area contributed by atoms with E-state index in [2.05, 4.69) is 26.1 Å². The van der Waals surface area contributed by atoms with Crippen molar-refractivity contribution in [1.82, 2.24) is 19.6 Å². The Balaban J connectivity index is 2.25. The van der Waals surface area contributed by atoms with E-state index in [0.29, 0.717) is 6.67 Å². The molecule has 0 unspecified atom stereocenters. The number of carboxylic acids is 1. The van der Waals surface area contributed by atoms with Crippen molar-refractivity contribution in [3.63, 3.8) is 0 Å². The SMILES string of the molecule is Cc1nn(Cn2ccc(C(=O)[O-])n2)c(C)c1Br. The molecule has 2 aromatic heterocycles. The van der Waals surface area contributed by atoms with E-state index >= 15 is 0 Å². The van der Waals surface area contributed by atoms with Crippen LogP contribution in [0.5, 0.6) is 0 Å². The molecule has 90 valence electrons. The molecular weight excluding hydrogens is 288 g/mol. The summed E-state index contributed by atoms with van der Waals surface area (Å²) in [5, 5.41) is 18.7. The van der Waals surface area contributed by atoms with Crippen LogP contribution in [0.2, 0.25) is 0 Å². The quantitative estimate of drug-likeness (QED) is 0.818. The van der Waals surface area contributed by atoms with Crippen molar-refractivity contribution >= 4 is 21.9 Å². The molecule has 0 bridgehead atoms. The first-order valence-electron chi connectivity index (χ1n) is 4.93. The van der Waals surface area contributed by atoms with Crippen LogP contribution in [-0.2, 0) is 6.67 Å². The zero-order valence-electron chi connectivity index (χ0n) is 9.35. The lowest BCUT2D eigenvalue weighted by atomic mass is 10.4. The molecule has 0 atom stereocenters. The summed E-state index contributed by atoms with van der Waals surface area (Å²) in [7, 11) is 0. The third kappa shape index (κ3) is 2.23. The highest BCUT2D eigenvalue weighted by Gasteiger charge is 2.09. The summed E-state index contributed by atoms with van der Waals surface area (Å²) in [6, 6.07) is 1.40. The van der Waals surface area contributed by atoms with Gasteiger partial charge in [0.05, 0.1) is 21.8 Å². The van der Waals surface area contributed by atoms with Crippen LogP contribution in [0.3, 0.4) is 0 Å². The van der Waals surface area contributed by atoms with Gasteiger partial charge in [-0.1, -0.05) is 0 Å². The summed E-state index contributed by atoms with van der Waals surface area (Å²) < 4.78 is 4.19. The van der Waals surface area contributed by atoms with Crippen LogP contribution in [0, 0.1) is 13.8 Å². The summed E-state index contributed by atoms with van der Waals surface area (Å²) in [4.78, 5) is 10.6. The molecule has 2 rings (SSSR count). The molecule has 0 aromatic carbocycles. The van der Waals surface area contributed by atoms with Gasteiger partial charge in [0.1, 0.15) is 12.4 Å². The van der Waals surface area contributed by atoms with Crippen molar-refractivity contribution in [2.45, 2.75) is 20.5 Å². The van der Waals surface area contributed by atoms with E-state index in [0.717, 1.165) is 15.9 Å². The first kappa shape index (κ1) is 11.8. The maximum absolute atomic E-state index is 10.6. The summed E-state index contributed by atoms with van der Waals surface area (Å²) in [6.07, 6.45) is 1.58. The van der Waals surface area contributed by atoms with Crippen molar-refractivity contribution in [1.29, 1.82) is 0 Å². The van der Waals surface area contributed by atoms with Crippen molar-refractivity contribution in [3.8, 4) is 0 Å². The largest absolute Gasteiger partial charge is 0.543 e. The minimum atomic E-state index is -1.28. The van der Waals surface area contributed by atoms with Gasteiger partial charge in [0.15, 0.2) is 0 Å². The molecule has 2 aromatic rings. The van der Waals surface area contributed by atoms with Crippen LogP contribution >= 0.6 is 15.9 Å². The maximum Gasteiger partial charge on any atom is 0.133 e. The number of rotatable bonds is 3. The van der Waals surface area contributed by atoms with E-state index < -0.39 is 5.97 Å². The highest BCUT2D eigenvalue weighted by Crippen LogP contribution is 2.19. The maximum atomic E-state index is 10.6. The van der Waals surface area contributed by atoms with E-state index in [9.17, 15) is 9.90 Å². The molecular formula is C10H10BrN4O2-. The highest BCUT2D eigenvalue weighted by atomic mass is 79.9. The first-order chi connectivity index (χ1) is 7.99. The lowest BCUT2D eigenvalue weighted by molar-refractivity contribution is -0.255. The van der Waals surface area contributed by atoms with Crippen molar-refractivity contribution < 1.29 is 9.90 Å². The number of aromatic carboxylic acids is 1. The van der Waals surface area contributed by atoms with Crippen LogP contribution in [0.15, 0.2) is 16.7 Å². The second kappa shape index (κ2) is 4.33. The molecule has 0 amide bonds. The first-order valence-corrected chi connectivity index (χ1v) is 5.72. The van der Waals surface area contributed by atoms with Gasteiger partial charge >= 0.3 is 0 Å². The zero-order chi connectivity index (χ0) is 12.6. The number of hydrogen-bond acceptors (Lipinski definition) is 4. The summed E-state index contributed by atoms with van der Waals surface area (Å²) >= 11 is 3.42. The van der Waals surface area contributed by atoms with Gasteiger partial charge in [-0.2, -0.15) is 10.2 Å². The second-order valence-corrected chi connectivity index (χ2v) is 4.45. The van der Waals surface area contributed by atoms with E-state index in [1.54, 1.807) is 10.9 Å². The Hall–Kier alpha value is -1.63. The summed E-state index contributed by atoms with van der Waals surface area (Å²) in [5.74, 6) is -1.28. The van der Waals surface area contributed by atoms with E-state index in [4.69, 9.17) is 0 Å². The standard InChI is InChI=1S/C10H11BrN4O2/c1-6-9(11)7(2)15(12-6)5-14-4-3-8(13-14)10(16)17/h3-4H,5H2,1-2H3,(H,16,17)/p-1. The normalized spacial score (nSPS) is 10.8.